The molecular weight excluding hydrogens is 243 g/mol. The molecule has 0 amide bonds. The van der Waals surface area contributed by atoms with E-state index in [4.69, 9.17) is 4.74 Å². The summed E-state index contributed by atoms with van der Waals surface area (Å²) >= 11 is 0. The smallest absolute Gasteiger partial charge is 0.343 e. The van der Waals surface area contributed by atoms with E-state index in [1.54, 1.807) is 12.1 Å². The van der Waals surface area contributed by atoms with E-state index in [0.29, 0.717) is 17.2 Å². The van der Waals surface area contributed by atoms with Gasteiger partial charge in [-0.15, -0.1) is 0 Å². The third-order valence-electron chi connectivity index (χ3n) is 2.84. The average Bonchev–Trinajstić information content (AvgIpc) is 2.41. The molecule has 0 bridgehead atoms. The molecule has 0 heterocycles. The summed E-state index contributed by atoms with van der Waals surface area (Å²) in [6.07, 6.45) is 0. The zero-order valence-electron chi connectivity index (χ0n) is 10.9. The highest BCUT2D eigenvalue weighted by atomic mass is 19.1. The van der Waals surface area contributed by atoms with Crippen molar-refractivity contribution in [3.8, 4) is 5.75 Å². The molecule has 0 spiro atoms. The first-order valence-electron chi connectivity index (χ1n) is 6.14. The van der Waals surface area contributed by atoms with Crippen LogP contribution < -0.4 is 4.74 Å². The van der Waals surface area contributed by atoms with Crippen LogP contribution in [0.25, 0.3) is 0 Å². The predicted molar refractivity (Wildman–Crippen MR) is 71.9 cm³/mol. The number of halogens is 1. The van der Waals surface area contributed by atoms with Crippen LogP contribution in [0.2, 0.25) is 0 Å². The fourth-order valence-corrected chi connectivity index (χ4v) is 1.67. The molecule has 0 saturated carbocycles. The molecule has 0 fully saturated rings. The van der Waals surface area contributed by atoms with Crippen LogP contribution in [-0.4, -0.2) is 5.97 Å². The highest BCUT2D eigenvalue weighted by Crippen LogP contribution is 2.17. The van der Waals surface area contributed by atoms with Crippen LogP contribution >= 0.6 is 0 Å². The molecule has 2 aromatic rings. The van der Waals surface area contributed by atoms with Crippen molar-refractivity contribution in [2.45, 2.75) is 19.8 Å². The summed E-state index contributed by atoms with van der Waals surface area (Å²) < 4.78 is 17.9. The standard InChI is InChI=1S/C16H15FO2/c1-11(2)12-3-5-13(6-4-12)16(18)19-15-9-7-14(17)8-10-15/h3-11H,1-2H3. The Bertz CT molecular complexity index is 556. The Morgan fingerprint density at radius 1 is 1.00 bits per heavy atom. The van der Waals surface area contributed by atoms with Gasteiger partial charge in [0, 0.05) is 0 Å². The first-order valence-corrected chi connectivity index (χ1v) is 6.14. The normalized spacial score (nSPS) is 10.5. The van der Waals surface area contributed by atoms with Crippen molar-refractivity contribution in [3.63, 3.8) is 0 Å². The zero-order chi connectivity index (χ0) is 13.8. The van der Waals surface area contributed by atoms with Crippen molar-refractivity contribution in [2.75, 3.05) is 0 Å². The molecule has 2 aromatic carbocycles. The van der Waals surface area contributed by atoms with Crippen molar-refractivity contribution in [2.24, 2.45) is 0 Å². The Morgan fingerprint density at radius 3 is 2.11 bits per heavy atom. The number of carbonyl (C=O) groups is 1. The van der Waals surface area contributed by atoms with Gasteiger partial charge in [0.05, 0.1) is 5.56 Å². The number of esters is 1. The third kappa shape index (κ3) is 3.41. The highest BCUT2D eigenvalue weighted by molar-refractivity contribution is 5.91. The van der Waals surface area contributed by atoms with Gasteiger partial charge in [-0.1, -0.05) is 26.0 Å². The van der Waals surface area contributed by atoms with Gasteiger partial charge in [0.25, 0.3) is 0 Å². The second-order valence-corrected chi connectivity index (χ2v) is 4.62. The van der Waals surface area contributed by atoms with Gasteiger partial charge in [0.15, 0.2) is 0 Å². The highest BCUT2D eigenvalue weighted by Gasteiger charge is 2.09. The summed E-state index contributed by atoms with van der Waals surface area (Å²) in [5.41, 5.74) is 1.65. The first-order chi connectivity index (χ1) is 9.06. The van der Waals surface area contributed by atoms with E-state index in [1.165, 1.54) is 29.8 Å². The minimum atomic E-state index is -0.443. The Balaban J connectivity index is 2.09. The van der Waals surface area contributed by atoms with Gasteiger partial charge in [-0.3, -0.25) is 0 Å². The van der Waals surface area contributed by atoms with Crippen molar-refractivity contribution in [3.05, 3.63) is 65.5 Å². The van der Waals surface area contributed by atoms with Crippen molar-refractivity contribution < 1.29 is 13.9 Å². The van der Waals surface area contributed by atoms with Crippen molar-refractivity contribution in [1.82, 2.24) is 0 Å². The Hall–Kier alpha value is -2.16. The predicted octanol–water partition coefficient (Wildman–Crippen LogP) is 4.17. The van der Waals surface area contributed by atoms with Crippen LogP contribution in [0, 0.1) is 5.82 Å². The van der Waals surface area contributed by atoms with Crippen LogP contribution in [0.4, 0.5) is 4.39 Å². The van der Waals surface area contributed by atoms with E-state index in [-0.39, 0.29) is 5.82 Å². The maximum atomic E-state index is 12.7. The lowest BCUT2D eigenvalue weighted by Gasteiger charge is -2.07. The van der Waals surface area contributed by atoms with E-state index in [2.05, 4.69) is 13.8 Å². The summed E-state index contributed by atoms with van der Waals surface area (Å²) in [5.74, 6) is -0.0514. The van der Waals surface area contributed by atoms with Gasteiger partial charge in [-0.25, -0.2) is 9.18 Å². The quantitative estimate of drug-likeness (QED) is 0.610. The molecule has 0 atom stereocenters. The molecule has 0 aliphatic carbocycles. The van der Waals surface area contributed by atoms with Gasteiger partial charge < -0.3 is 4.74 Å². The monoisotopic (exact) mass is 258 g/mol. The topological polar surface area (TPSA) is 26.3 Å². The van der Waals surface area contributed by atoms with Gasteiger partial charge >= 0.3 is 5.97 Å². The summed E-state index contributed by atoms with van der Waals surface area (Å²) in [7, 11) is 0. The molecule has 0 unspecified atom stereocenters. The van der Waals surface area contributed by atoms with Gasteiger partial charge in [-0.2, -0.15) is 0 Å². The SMILES string of the molecule is CC(C)c1ccc(C(=O)Oc2ccc(F)cc2)cc1. The van der Waals surface area contributed by atoms with Crippen molar-refractivity contribution in [1.29, 1.82) is 0 Å². The fraction of sp³-hybridized carbons (Fsp3) is 0.188. The zero-order valence-corrected chi connectivity index (χ0v) is 10.9. The maximum absolute atomic E-state index is 12.7. The lowest BCUT2D eigenvalue weighted by molar-refractivity contribution is 0.0734. The molecule has 0 N–H and O–H groups in total. The van der Waals surface area contributed by atoms with E-state index in [1.807, 2.05) is 12.1 Å². The summed E-state index contributed by atoms with van der Waals surface area (Å²) in [6.45, 7) is 4.18. The molecule has 0 saturated heterocycles. The summed E-state index contributed by atoms with van der Waals surface area (Å²) in [5, 5.41) is 0. The van der Waals surface area contributed by atoms with E-state index in [0.717, 1.165) is 0 Å². The van der Waals surface area contributed by atoms with Crippen LogP contribution in [0.5, 0.6) is 5.75 Å². The van der Waals surface area contributed by atoms with E-state index in [9.17, 15) is 9.18 Å². The fourth-order valence-electron chi connectivity index (χ4n) is 1.67. The number of rotatable bonds is 3. The van der Waals surface area contributed by atoms with Crippen LogP contribution in [0.1, 0.15) is 35.7 Å². The van der Waals surface area contributed by atoms with Gasteiger partial charge in [0.2, 0.25) is 0 Å². The van der Waals surface area contributed by atoms with E-state index < -0.39 is 5.97 Å². The summed E-state index contributed by atoms with van der Waals surface area (Å²) in [6, 6.07) is 12.7. The number of hydrogen-bond acceptors (Lipinski definition) is 2. The molecule has 0 aliphatic rings. The lowest BCUT2D eigenvalue weighted by Crippen LogP contribution is -2.08. The maximum Gasteiger partial charge on any atom is 0.343 e. The minimum Gasteiger partial charge on any atom is -0.423 e. The first kappa shape index (κ1) is 13.3. The van der Waals surface area contributed by atoms with Gasteiger partial charge in [-0.05, 0) is 47.9 Å². The second-order valence-electron chi connectivity index (χ2n) is 4.62. The van der Waals surface area contributed by atoms with Crippen LogP contribution in [-0.2, 0) is 0 Å². The van der Waals surface area contributed by atoms with E-state index >= 15 is 0 Å². The molecule has 2 nitrogen and oxygen atoms in total. The van der Waals surface area contributed by atoms with Crippen LogP contribution in [0.3, 0.4) is 0 Å². The Morgan fingerprint density at radius 2 is 1.58 bits per heavy atom. The molecule has 0 radical (unpaired) electrons. The molecule has 2 rings (SSSR count). The molecule has 0 aromatic heterocycles. The number of benzene rings is 2. The third-order valence-corrected chi connectivity index (χ3v) is 2.84. The number of carbonyl (C=O) groups excluding carboxylic acids is 1. The van der Waals surface area contributed by atoms with Gasteiger partial charge in [0.1, 0.15) is 11.6 Å². The molecule has 98 valence electrons. The molecule has 19 heavy (non-hydrogen) atoms. The lowest BCUT2D eigenvalue weighted by atomic mass is 10.0. The number of ether oxygens (including phenoxy) is 1. The Labute approximate surface area is 111 Å². The molecular formula is C16H15FO2. The Kier molecular flexibility index (Phi) is 3.95. The summed E-state index contributed by atoms with van der Waals surface area (Å²) in [4.78, 5) is 11.9. The molecule has 0 aliphatic heterocycles. The largest absolute Gasteiger partial charge is 0.423 e. The number of hydrogen-bond donors (Lipinski definition) is 0. The minimum absolute atomic E-state index is 0.333. The van der Waals surface area contributed by atoms with Crippen molar-refractivity contribution >= 4 is 5.97 Å². The van der Waals surface area contributed by atoms with Crippen LogP contribution in [0.15, 0.2) is 48.5 Å². The molecule has 3 heteroatoms. The second kappa shape index (κ2) is 5.65. The average molecular weight is 258 g/mol.